The largest absolute Gasteiger partial charge is 0.371 e. The highest BCUT2D eigenvalue weighted by molar-refractivity contribution is 9.10. The third-order valence-electron chi connectivity index (χ3n) is 2.75. The van der Waals surface area contributed by atoms with E-state index in [-0.39, 0.29) is 0 Å². The highest BCUT2D eigenvalue weighted by Gasteiger charge is 2.15. The number of hydrogen-bond donors (Lipinski definition) is 0. The van der Waals surface area contributed by atoms with Crippen LogP contribution < -0.4 is 4.90 Å². The van der Waals surface area contributed by atoms with Gasteiger partial charge in [0.25, 0.3) is 0 Å². The molecule has 0 aliphatic carbocycles. The first kappa shape index (κ1) is 13.6. The monoisotopic (exact) mass is 283 g/mol. The normalized spacial score (nSPS) is 13.9. The molecule has 0 N–H and O–H groups in total. The maximum atomic E-state index is 3.53. The minimum atomic E-state index is 1.19. The van der Waals surface area contributed by atoms with E-state index in [1.165, 1.54) is 48.1 Å². The molecule has 0 unspecified atom stereocenters. The second-order valence-corrected chi connectivity index (χ2v) is 4.78. The lowest BCUT2D eigenvalue weighted by molar-refractivity contribution is 0.681. The molecule has 0 saturated carbocycles. The molecule has 1 aromatic carbocycles. The van der Waals surface area contributed by atoms with E-state index in [1.54, 1.807) is 0 Å². The maximum Gasteiger partial charge on any atom is 0.0399 e. The summed E-state index contributed by atoms with van der Waals surface area (Å²) in [6.45, 7) is 8.66. The molecule has 1 heterocycles. The number of rotatable bonds is 2. The summed E-state index contributed by atoms with van der Waals surface area (Å²) in [5.74, 6) is 0. The minimum absolute atomic E-state index is 1.19. The van der Waals surface area contributed by atoms with E-state index in [0.717, 1.165) is 0 Å². The van der Waals surface area contributed by atoms with Crippen molar-refractivity contribution in [1.82, 2.24) is 0 Å². The van der Waals surface area contributed by atoms with Gasteiger partial charge in [0.05, 0.1) is 0 Å². The molecule has 1 nitrogen and oxygen atoms in total. The topological polar surface area (TPSA) is 3.24 Å². The lowest BCUT2D eigenvalue weighted by Crippen LogP contribution is -2.29. The summed E-state index contributed by atoms with van der Waals surface area (Å²) in [5, 5.41) is 0. The average molecular weight is 284 g/mol. The summed E-state index contributed by atoms with van der Waals surface area (Å²) in [6.07, 6.45) is 3.76. The van der Waals surface area contributed by atoms with Crippen LogP contribution >= 0.6 is 15.9 Å². The number of halogens is 1. The molecule has 90 valence electrons. The summed E-state index contributed by atoms with van der Waals surface area (Å²) in [7, 11) is 0. The fraction of sp³-hybridized carbons (Fsp3) is 0.571. The summed E-state index contributed by atoms with van der Waals surface area (Å²) >= 11 is 3.53. The lowest BCUT2D eigenvalue weighted by atomic mass is 10.0. The van der Waals surface area contributed by atoms with Gasteiger partial charge >= 0.3 is 0 Å². The van der Waals surface area contributed by atoms with E-state index >= 15 is 0 Å². The Morgan fingerprint density at radius 2 is 2.06 bits per heavy atom. The molecule has 0 amide bonds. The van der Waals surface area contributed by atoms with Gasteiger partial charge in [-0.15, -0.1) is 0 Å². The van der Waals surface area contributed by atoms with Gasteiger partial charge < -0.3 is 4.90 Å². The van der Waals surface area contributed by atoms with Gasteiger partial charge in [0, 0.05) is 23.2 Å². The van der Waals surface area contributed by atoms with E-state index < -0.39 is 0 Å². The Bertz CT molecular complexity index is 323. The van der Waals surface area contributed by atoms with Crippen LogP contribution in [0.2, 0.25) is 0 Å². The average Bonchev–Trinajstić information content (AvgIpc) is 2.32. The molecule has 0 spiro atoms. The number of anilines is 1. The summed E-state index contributed by atoms with van der Waals surface area (Å²) < 4.78 is 1.20. The van der Waals surface area contributed by atoms with Crippen molar-refractivity contribution in [2.75, 3.05) is 18.0 Å². The quantitative estimate of drug-likeness (QED) is 0.764. The fourth-order valence-electron chi connectivity index (χ4n) is 2.15. The zero-order valence-corrected chi connectivity index (χ0v) is 12.2. The van der Waals surface area contributed by atoms with Crippen LogP contribution in [-0.4, -0.2) is 13.1 Å². The van der Waals surface area contributed by atoms with Crippen LogP contribution in [0.25, 0.3) is 0 Å². The van der Waals surface area contributed by atoms with Gasteiger partial charge in [-0.3, -0.25) is 0 Å². The van der Waals surface area contributed by atoms with Crippen molar-refractivity contribution in [2.24, 2.45) is 0 Å². The van der Waals surface area contributed by atoms with Gasteiger partial charge in [0.15, 0.2) is 0 Å². The van der Waals surface area contributed by atoms with Gasteiger partial charge in [0.1, 0.15) is 0 Å². The van der Waals surface area contributed by atoms with Crippen molar-refractivity contribution in [1.29, 1.82) is 0 Å². The summed E-state index contributed by atoms with van der Waals surface area (Å²) in [5.41, 5.74) is 2.94. The summed E-state index contributed by atoms with van der Waals surface area (Å²) in [4.78, 5) is 2.51. The number of aryl methyl sites for hydroxylation is 1. The maximum absolute atomic E-state index is 3.53. The van der Waals surface area contributed by atoms with Crippen molar-refractivity contribution >= 4 is 21.6 Å². The molecule has 0 radical (unpaired) electrons. The molecule has 2 heteroatoms. The van der Waals surface area contributed by atoms with Crippen molar-refractivity contribution in [3.8, 4) is 0 Å². The van der Waals surface area contributed by atoms with Crippen LogP contribution in [0.1, 0.15) is 39.2 Å². The molecule has 0 atom stereocenters. The van der Waals surface area contributed by atoms with Crippen LogP contribution in [-0.2, 0) is 6.42 Å². The Hall–Kier alpha value is -0.500. The SMILES string of the molecule is CC.CCCN1CCCc2cc(Br)ccc21. The number of benzene rings is 1. The Morgan fingerprint density at radius 1 is 1.31 bits per heavy atom. The Balaban J connectivity index is 0.000000606. The second kappa shape index (κ2) is 6.95. The van der Waals surface area contributed by atoms with Crippen LogP contribution in [0.3, 0.4) is 0 Å². The van der Waals surface area contributed by atoms with Crippen molar-refractivity contribution in [2.45, 2.75) is 40.0 Å². The molecule has 2 rings (SSSR count). The van der Waals surface area contributed by atoms with Gasteiger partial charge in [-0.1, -0.05) is 36.7 Å². The fourth-order valence-corrected chi connectivity index (χ4v) is 2.55. The molecular formula is C14H22BrN. The first-order chi connectivity index (χ1) is 7.81. The van der Waals surface area contributed by atoms with Crippen LogP contribution in [0.15, 0.2) is 22.7 Å². The molecule has 0 fully saturated rings. The molecule has 16 heavy (non-hydrogen) atoms. The zero-order valence-electron chi connectivity index (χ0n) is 10.6. The van der Waals surface area contributed by atoms with Crippen LogP contribution in [0.4, 0.5) is 5.69 Å². The highest BCUT2D eigenvalue weighted by Crippen LogP contribution is 2.29. The number of nitrogens with zero attached hydrogens (tertiary/aromatic N) is 1. The van der Waals surface area contributed by atoms with Crippen LogP contribution in [0, 0.1) is 0 Å². The van der Waals surface area contributed by atoms with Crippen LogP contribution in [0.5, 0.6) is 0 Å². The molecule has 0 bridgehead atoms. The third kappa shape index (κ3) is 3.24. The van der Waals surface area contributed by atoms with E-state index in [4.69, 9.17) is 0 Å². The first-order valence-corrected chi connectivity index (χ1v) is 7.14. The van der Waals surface area contributed by atoms with Gasteiger partial charge in [-0.25, -0.2) is 0 Å². The van der Waals surface area contributed by atoms with Crippen molar-refractivity contribution in [3.63, 3.8) is 0 Å². The smallest absolute Gasteiger partial charge is 0.0399 e. The molecule has 1 aromatic rings. The molecule has 1 aliphatic rings. The van der Waals surface area contributed by atoms with E-state index in [2.05, 4.69) is 46.0 Å². The first-order valence-electron chi connectivity index (χ1n) is 6.34. The van der Waals surface area contributed by atoms with E-state index in [9.17, 15) is 0 Å². The van der Waals surface area contributed by atoms with Crippen molar-refractivity contribution in [3.05, 3.63) is 28.2 Å². The van der Waals surface area contributed by atoms with E-state index in [0.29, 0.717) is 0 Å². The lowest BCUT2D eigenvalue weighted by Gasteiger charge is -2.31. The predicted octanol–water partition coefficient (Wildman–Crippen LogP) is 4.64. The van der Waals surface area contributed by atoms with Gasteiger partial charge in [-0.2, -0.15) is 0 Å². The number of fused-ring (bicyclic) bond motifs is 1. The number of hydrogen-bond acceptors (Lipinski definition) is 1. The molecule has 1 aliphatic heterocycles. The predicted molar refractivity (Wildman–Crippen MR) is 76.3 cm³/mol. The molecule has 0 aromatic heterocycles. The Labute approximate surface area is 108 Å². The zero-order chi connectivity index (χ0) is 12.0. The molecular weight excluding hydrogens is 262 g/mol. The van der Waals surface area contributed by atoms with Gasteiger partial charge in [0.2, 0.25) is 0 Å². The van der Waals surface area contributed by atoms with Crippen molar-refractivity contribution < 1.29 is 0 Å². The highest BCUT2D eigenvalue weighted by atomic mass is 79.9. The Morgan fingerprint density at radius 3 is 2.75 bits per heavy atom. The third-order valence-corrected chi connectivity index (χ3v) is 3.24. The molecule has 0 saturated heterocycles. The van der Waals surface area contributed by atoms with Gasteiger partial charge in [-0.05, 0) is 43.0 Å². The summed E-state index contributed by atoms with van der Waals surface area (Å²) in [6, 6.07) is 6.65. The Kier molecular flexibility index (Phi) is 5.89. The second-order valence-electron chi connectivity index (χ2n) is 3.86. The standard InChI is InChI=1S/C12H16BrN.C2H6/c1-2-7-14-8-3-4-10-9-11(13)5-6-12(10)14;1-2/h5-6,9H,2-4,7-8H2,1H3;1-2H3. The minimum Gasteiger partial charge on any atom is -0.371 e. The van der Waals surface area contributed by atoms with E-state index in [1.807, 2.05) is 13.8 Å².